The molecule has 0 aliphatic heterocycles. The maximum Gasteiger partial charge on any atom is 0.331 e. The lowest BCUT2D eigenvalue weighted by Gasteiger charge is -2.17. The minimum atomic E-state index is -0.797. The van der Waals surface area contributed by atoms with Gasteiger partial charge in [0.1, 0.15) is 0 Å². The fraction of sp³-hybridized carbons (Fsp3) is 0.700. The summed E-state index contributed by atoms with van der Waals surface area (Å²) in [5.41, 5.74) is 0.506. The first kappa shape index (κ1) is 12.2. The van der Waals surface area contributed by atoms with Gasteiger partial charge in [0, 0.05) is 12.1 Å². The molecular formula is C10H19NO2. The second kappa shape index (κ2) is 6.66. The lowest BCUT2D eigenvalue weighted by molar-refractivity contribution is -0.132. The van der Waals surface area contributed by atoms with Crippen molar-refractivity contribution in [2.75, 3.05) is 19.6 Å². The molecule has 13 heavy (non-hydrogen) atoms. The van der Waals surface area contributed by atoms with E-state index in [9.17, 15) is 4.79 Å². The van der Waals surface area contributed by atoms with E-state index in [1.54, 1.807) is 13.0 Å². The quantitative estimate of drug-likeness (QED) is 0.641. The molecule has 0 spiro atoms. The van der Waals surface area contributed by atoms with Gasteiger partial charge in [0.15, 0.2) is 0 Å². The van der Waals surface area contributed by atoms with E-state index < -0.39 is 5.97 Å². The van der Waals surface area contributed by atoms with Crippen LogP contribution in [0.25, 0.3) is 0 Å². The van der Waals surface area contributed by atoms with Crippen molar-refractivity contribution in [1.29, 1.82) is 0 Å². The first-order valence-electron chi connectivity index (χ1n) is 4.76. The van der Waals surface area contributed by atoms with E-state index >= 15 is 0 Å². The Kier molecular flexibility index (Phi) is 6.24. The summed E-state index contributed by atoms with van der Waals surface area (Å²) in [4.78, 5) is 12.8. The Labute approximate surface area is 80.0 Å². The molecule has 76 valence electrons. The van der Waals surface area contributed by atoms with Gasteiger partial charge in [-0.3, -0.25) is 0 Å². The minimum Gasteiger partial charge on any atom is -0.478 e. The normalized spacial score (nSPS) is 12.2. The highest BCUT2D eigenvalue weighted by molar-refractivity contribution is 5.86. The summed E-state index contributed by atoms with van der Waals surface area (Å²) in [5.74, 6) is -0.797. The molecule has 0 aromatic heterocycles. The van der Waals surface area contributed by atoms with E-state index in [0.29, 0.717) is 12.0 Å². The van der Waals surface area contributed by atoms with Crippen molar-refractivity contribution in [2.45, 2.75) is 27.2 Å². The van der Waals surface area contributed by atoms with Crippen LogP contribution >= 0.6 is 0 Å². The van der Waals surface area contributed by atoms with Crippen molar-refractivity contribution in [3.8, 4) is 0 Å². The lowest BCUT2D eigenvalue weighted by Crippen LogP contribution is -2.25. The molecule has 0 aliphatic rings. The van der Waals surface area contributed by atoms with Gasteiger partial charge in [0.05, 0.1) is 0 Å². The van der Waals surface area contributed by atoms with E-state index in [-0.39, 0.29) is 0 Å². The van der Waals surface area contributed by atoms with Crippen molar-refractivity contribution in [3.63, 3.8) is 0 Å². The van der Waals surface area contributed by atoms with Crippen LogP contribution in [-0.2, 0) is 4.79 Å². The maximum atomic E-state index is 10.6. The standard InChI is InChI=1S/C10H19NO2/c1-4-9(10(12)13)7-8-11(5-2)6-3/h4H,5-8H2,1-3H3,(H,12,13)/b9-4+. The van der Waals surface area contributed by atoms with Crippen molar-refractivity contribution in [3.05, 3.63) is 11.6 Å². The predicted octanol–water partition coefficient (Wildman–Crippen LogP) is 1.75. The first-order chi connectivity index (χ1) is 6.15. The average Bonchev–Trinajstić information content (AvgIpc) is 2.12. The minimum absolute atomic E-state index is 0.506. The van der Waals surface area contributed by atoms with Crippen LogP contribution in [0.3, 0.4) is 0 Å². The van der Waals surface area contributed by atoms with Gasteiger partial charge in [-0.15, -0.1) is 0 Å². The van der Waals surface area contributed by atoms with Gasteiger partial charge in [0.25, 0.3) is 0 Å². The molecule has 0 heterocycles. The maximum absolute atomic E-state index is 10.6. The summed E-state index contributed by atoms with van der Waals surface area (Å²) in [6.45, 7) is 8.73. The van der Waals surface area contributed by atoms with Gasteiger partial charge in [-0.1, -0.05) is 19.9 Å². The smallest absolute Gasteiger partial charge is 0.331 e. The van der Waals surface area contributed by atoms with E-state index in [4.69, 9.17) is 5.11 Å². The second-order valence-corrected chi connectivity index (χ2v) is 2.90. The zero-order valence-electron chi connectivity index (χ0n) is 8.71. The molecule has 0 unspecified atom stereocenters. The lowest BCUT2D eigenvalue weighted by atomic mass is 10.2. The molecule has 0 saturated heterocycles. The third-order valence-corrected chi connectivity index (χ3v) is 2.21. The fourth-order valence-corrected chi connectivity index (χ4v) is 1.19. The topological polar surface area (TPSA) is 40.5 Å². The highest BCUT2D eigenvalue weighted by Crippen LogP contribution is 2.03. The monoisotopic (exact) mass is 185 g/mol. The number of carboxylic acids is 1. The number of carboxylic acid groups (broad SMARTS) is 1. The molecule has 0 bridgehead atoms. The Balaban J connectivity index is 3.92. The zero-order chi connectivity index (χ0) is 10.3. The molecule has 0 rings (SSSR count). The first-order valence-corrected chi connectivity index (χ1v) is 4.76. The number of hydrogen-bond donors (Lipinski definition) is 1. The number of allylic oxidation sites excluding steroid dienone is 1. The van der Waals surface area contributed by atoms with Crippen LogP contribution in [0, 0.1) is 0 Å². The van der Waals surface area contributed by atoms with Gasteiger partial charge in [-0.2, -0.15) is 0 Å². The van der Waals surface area contributed by atoms with Crippen LogP contribution in [0.15, 0.2) is 11.6 Å². The van der Waals surface area contributed by atoms with E-state index in [2.05, 4.69) is 18.7 Å². The summed E-state index contributed by atoms with van der Waals surface area (Å²) >= 11 is 0. The Morgan fingerprint density at radius 2 is 1.92 bits per heavy atom. The van der Waals surface area contributed by atoms with Crippen molar-refractivity contribution >= 4 is 5.97 Å². The van der Waals surface area contributed by atoms with Gasteiger partial charge in [-0.25, -0.2) is 4.79 Å². The number of nitrogens with zero attached hydrogens (tertiary/aromatic N) is 1. The molecule has 0 fully saturated rings. The molecule has 3 heteroatoms. The molecule has 3 nitrogen and oxygen atoms in total. The summed E-state index contributed by atoms with van der Waals surface area (Å²) in [7, 11) is 0. The number of aliphatic carboxylic acids is 1. The highest BCUT2D eigenvalue weighted by Gasteiger charge is 2.07. The van der Waals surface area contributed by atoms with Crippen LogP contribution in [0.5, 0.6) is 0 Å². The summed E-state index contributed by atoms with van der Waals surface area (Å²) in [6, 6.07) is 0. The Bertz CT molecular complexity index is 183. The molecule has 0 atom stereocenters. The van der Waals surface area contributed by atoms with Crippen LogP contribution in [0.2, 0.25) is 0 Å². The molecule has 0 saturated carbocycles. The Morgan fingerprint density at radius 3 is 2.23 bits per heavy atom. The van der Waals surface area contributed by atoms with Crippen LogP contribution in [0.4, 0.5) is 0 Å². The molecule has 0 aromatic carbocycles. The fourth-order valence-electron chi connectivity index (χ4n) is 1.19. The third-order valence-electron chi connectivity index (χ3n) is 2.21. The van der Waals surface area contributed by atoms with E-state index in [1.165, 1.54) is 0 Å². The summed E-state index contributed by atoms with van der Waals surface area (Å²) in [6.07, 6.45) is 2.30. The predicted molar refractivity (Wildman–Crippen MR) is 53.8 cm³/mol. The van der Waals surface area contributed by atoms with Crippen molar-refractivity contribution in [2.24, 2.45) is 0 Å². The van der Waals surface area contributed by atoms with E-state index in [1.807, 2.05) is 0 Å². The zero-order valence-corrected chi connectivity index (χ0v) is 8.71. The number of carbonyl (C=O) groups is 1. The number of rotatable bonds is 6. The second-order valence-electron chi connectivity index (χ2n) is 2.90. The van der Waals surface area contributed by atoms with Gasteiger partial charge < -0.3 is 10.0 Å². The molecule has 0 radical (unpaired) electrons. The molecule has 1 N–H and O–H groups in total. The molecule has 0 aliphatic carbocycles. The van der Waals surface area contributed by atoms with E-state index in [0.717, 1.165) is 19.6 Å². The largest absolute Gasteiger partial charge is 0.478 e. The molecular weight excluding hydrogens is 166 g/mol. The average molecular weight is 185 g/mol. The van der Waals surface area contributed by atoms with Gasteiger partial charge >= 0.3 is 5.97 Å². The Hall–Kier alpha value is -0.830. The highest BCUT2D eigenvalue weighted by atomic mass is 16.4. The third kappa shape index (κ3) is 4.68. The van der Waals surface area contributed by atoms with Gasteiger partial charge in [-0.05, 0) is 26.4 Å². The SMILES string of the molecule is C/C=C(\CCN(CC)CC)C(=O)O. The van der Waals surface area contributed by atoms with Crippen LogP contribution < -0.4 is 0 Å². The van der Waals surface area contributed by atoms with Crippen molar-refractivity contribution in [1.82, 2.24) is 4.90 Å². The van der Waals surface area contributed by atoms with Crippen LogP contribution in [-0.4, -0.2) is 35.6 Å². The van der Waals surface area contributed by atoms with Crippen LogP contribution in [0.1, 0.15) is 27.2 Å². The summed E-state index contributed by atoms with van der Waals surface area (Å²) in [5, 5.41) is 8.74. The van der Waals surface area contributed by atoms with Crippen molar-refractivity contribution < 1.29 is 9.90 Å². The molecule has 0 aromatic rings. The molecule has 0 amide bonds. The summed E-state index contributed by atoms with van der Waals surface area (Å²) < 4.78 is 0. The Morgan fingerprint density at radius 1 is 1.38 bits per heavy atom. The number of hydrogen-bond acceptors (Lipinski definition) is 2. The van der Waals surface area contributed by atoms with Gasteiger partial charge in [0.2, 0.25) is 0 Å².